The van der Waals surface area contributed by atoms with Crippen molar-refractivity contribution in [3.63, 3.8) is 0 Å². The standard InChI is InChI=1S/C57H50N2O8/c1-57(2,45-16-24-49(25-17-45)66-51-28-20-47(21-29-51)58-55(60)54-36-42(14-32-53(54)56(61)62)34-40-11-7-4-8-12-40)46-18-26-50(27-19-46)67-52-30-22-48(23-31-52)59-64-37-44-35-41(13-15-43(44)38-65-63)33-39-9-5-3-6-10-39/h3-32,35-36,59,63H,33-34,37-38H2,1-2H3,(H,58,60)(H,61,62). The SMILES string of the molecule is CC(C)(c1ccc(Oc2ccc(NOCc3cc(Cc4ccccc4)ccc3COO)cc2)cc1)c1ccc(Oc2ccc(NC(=O)c3cc(Cc4ccccc4)ccc3C(=O)O)cc2)cc1. The lowest BCUT2D eigenvalue weighted by Crippen LogP contribution is -2.18. The van der Waals surface area contributed by atoms with Gasteiger partial charge in [-0.05, 0) is 142 Å². The fourth-order valence-corrected chi connectivity index (χ4v) is 7.78. The Morgan fingerprint density at radius 2 is 0.970 bits per heavy atom. The summed E-state index contributed by atoms with van der Waals surface area (Å²) in [7, 11) is 0. The van der Waals surface area contributed by atoms with Crippen LogP contribution in [0.5, 0.6) is 23.0 Å². The first-order chi connectivity index (χ1) is 32.6. The van der Waals surface area contributed by atoms with E-state index in [1.165, 1.54) is 11.6 Å². The molecule has 1 amide bonds. The molecule has 0 aliphatic carbocycles. The lowest BCUT2D eigenvalue weighted by Gasteiger charge is -2.26. The summed E-state index contributed by atoms with van der Waals surface area (Å²) in [5.41, 5.74) is 12.2. The van der Waals surface area contributed by atoms with E-state index in [0.29, 0.717) is 35.1 Å². The van der Waals surface area contributed by atoms with Gasteiger partial charge in [0.05, 0.1) is 16.8 Å². The molecule has 0 aromatic heterocycles. The fraction of sp³-hybridized carbons (Fsp3) is 0.123. The minimum absolute atomic E-state index is 0.0634. The first kappa shape index (κ1) is 45.5. The highest BCUT2D eigenvalue weighted by atomic mass is 17.1. The zero-order valence-electron chi connectivity index (χ0n) is 37.1. The molecule has 0 saturated heterocycles. The van der Waals surface area contributed by atoms with Gasteiger partial charge in [0.1, 0.15) is 36.2 Å². The number of carboxylic acid groups (broad SMARTS) is 1. The summed E-state index contributed by atoms with van der Waals surface area (Å²) in [4.78, 5) is 35.6. The summed E-state index contributed by atoms with van der Waals surface area (Å²) in [6, 6.07) is 61.4. The van der Waals surface area contributed by atoms with Crippen LogP contribution in [0, 0.1) is 0 Å². The molecule has 0 aliphatic heterocycles. The monoisotopic (exact) mass is 890 g/mol. The predicted octanol–water partition coefficient (Wildman–Crippen LogP) is 13.3. The molecule has 10 nitrogen and oxygen atoms in total. The summed E-state index contributed by atoms with van der Waals surface area (Å²) < 4.78 is 12.3. The first-order valence-electron chi connectivity index (χ1n) is 21.9. The Morgan fingerprint density at radius 1 is 0.493 bits per heavy atom. The van der Waals surface area contributed by atoms with E-state index in [-0.39, 0.29) is 29.8 Å². The van der Waals surface area contributed by atoms with Gasteiger partial charge in [-0.1, -0.05) is 123 Å². The Bertz CT molecular complexity index is 2900. The molecule has 4 N–H and O–H groups in total. The quantitative estimate of drug-likeness (QED) is 0.0462. The molecule has 0 bridgehead atoms. The second-order valence-corrected chi connectivity index (χ2v) is 16.7. The second-order valence-electron chi connectivity index (χ2n) is 16.7. The predicted molar refractivity (Wildman–Crippen MR) is 260 cm³/mol. The maximum Gasteiger partial charge on any atom is 0.336 e. The van der Waals surface area contributed by atoms with Crippen LogP contribution >= 0.6 is 0 Å². The third-order valence-corrected chi connectivity index (χ3v) is 11.6. The van der Waals surface area contributed by atoms with Gasteiger partial charge < -0.3 is 19.9 Å². The Balaban J connectivity index is 0.822. The third kappa shape index (κ3) is 12.0. The summed E-state index contributed by atoms with van der Waals surface area (Å²) in [6.45, 7) is 4.67. The number of carboxylic acids is 1. The van der Waals surface area contributed by atoms with E-state index < -0.39 is 11.9 Å². The Labute approximate surface area is 389 Å². The minimum Gasteiger partial charge on any atom is -0.478 e. The highest BCUT2D eigenvalue weighted by Gasteiger charge is 2.24. The molecule has 8 rings (SSSR count). The molecular formula is C57H50N2O8. The molecular weight excluding hydrogens is 841 g/mol. The van der Waals surface area contributed by atoms with Gasteiger partial charge in [-0.3, -0.25) is 20.4 Å². The van der Waals surface area contributed by atoms with Crippen molar-refractivity contribution in [3.8, 4) is 23.0 Å². The average molecular weight is 891 g/mol. The number of anilines is 2. The second kappa shape index (κ2) is 21.3. The van der Waals surface area contributed by atoms with E-state index in [1.54, 1.807) is 36.4 Å². The molecule has 8 aromatic carbocycles. The van der Waals surface area contributed by atoms with Crippen LogP contribution in [0.4, 0.5) is 11.4 Å². The number of carbonyl (C=O) groups is 2. The number of ether oxygens (including phenoxy) is 2. The highest BCUT2D eigenvalue weighted by molar-refractivity contribution is 6.10. The number of nitrogens with one attached hydrogen (secondary N) is 2. The lowest BCUT2D eigenvalue weighted by atomic mass is 9.78. The molecule has 0 radical (unpaired) electrons. The van der Waals surface area contributed by atoms with Crippen LogP contribution in [0.1, 0.15) is 79.1 Å². The van der Waals surface area contributed by atoms with Crippen molar-refractivity contribution < 1.29 is 39.2 Å². The normalized spacial score (nSPS) is 11.1. The topological polar surface area (TPSA) is 136 Å². The van der Waals surface area contributed by atoms with Gasteiger partial charge in [0.25, 0.3) is 5.91 Å². The van der Waals surface area contributed by atoms with Gasteiger partial charge in [0.2, 0.25) is 0 Å². The number of hydrogen-bond acceptors (Lipinski definition) is 8. The minimum atomic E-state index is -1.17. The van der Waals surface area contributed by atoms with Crippen LogP contribution in [-0.4, -0.2) is 22.2 Å². The molecule has 0 unspecified atom stereocenters. The van der Waals surface area contributed by atoms with Crippen molar-refractivity contribution in [2.24, 2.45) is 0 Å². The Hall–Kier alpha value is -8.02. The molecule has 10 heteroatoms. The maximum atomic E-state index is 13.3. The van der Waals surface area contributed by atoms with E-state index in [4.69, 9.17) is 19.6 Å². The van der Waals surface area contributed by atoms with E-state index in [1.807, 2.05) is 121 Å². The highest BCUT2D eigenvalue weighted by Crippen LogP contribution is 2.35. The van der Waals surface area contributed by atoms with E-state index >= 15 is 0 Å². The van der Waals surface area contributed by atoms with E-state index in [0.717, 1.165) is 51.1 Å². The summed E-state index contributed by atoms with van der Waals surface area (Å²) in [6.07, 6.45) is 1.36. The Kier molecular flexibility index (Phi) is 14.5. The van der Waals surface area contributed by atoms with Crippen molar-refractivity contribution in [2.75, 3.05) is 10.8 Å². The number of carbonyl (C=O) groups excluding carboxylic acids is 1. The third-order valence-electron chi connectivity index (χ3n) is 11.6. The van der Waals surface area contributed by atoms with Crippen LogP contribution in [0.15, 0.2) is 194 Å². The number of aromatic carboxylic acids is 1. The summed E-state index contributed by atoms with van der Waals surface area (Å²) in [5.74, 6) is 0.944. The molecule has 67 heavy (non-hydrogen) atoms. The molecule has 0 heterocycles. The van der Waals surface area contributed by atoms with Gasteiger partial charge in [-0.2, -0.15) is 0 Å². The first-order valence-corrected chi connectivity index (χ1v) is 21.9. The zero-order chi connectivity index (χ0) is 46.6. The van der Waals surface area contributed by atoms with Crippen molar-refractivity contribution in [3.05, 3.63) is 250 Å². The summed E-state index contributed by atoms with van der Waals surface area (Å²) >= 11 is 0. The van der Waals surface area contributed by atoms with Crippen molar-refractivity contribution >= 4 is 23.3 Å². The van der Waals surface area contributed by atoms with Gasteiger partial charge >= 0.3 is 5.97 Å². The molecule has 0 aliphatic rings. The zero-order valence-corrected chi connectivity index (χ0v) is 37.1. The number of amides is 1. The van der Waals surface area contributed by atoms with Gasteiger partial charge in [0.15, 0.2) is 0 Å². The number of rotatable bonds is 19. The van der Waals surface area contributed by atoms with Crippen LogP contribution in [0.2, 0.25) is 0 Å². The van der Waals surface area contributed by atoms with Crippen molar-refractivity contribution in [1.29, 1.82) is 0 Å². The van der Waals surface area contributed by atoms with Crippen molar-refractivity contribution in [1.82, 2.24) is 0 Å². The van der Waals surface area contributed by atoms with Crippen molar-refractivity contribution in [2.45, 2.75) is 45.3 Å². The average Bonchev–Trinajstić information content (AvgIpc) is 3.34. The Morgan fingerprint density at radius 3 is 1.48 bits per heavy atom. The number of hydrogen-bond donors (Lipinski definition) is 4. The fourth-order valence-electron chi connectivity index (χ4n) is 7.78. The van der Waals surface area contributed by atoms with Gasteiger partial charge in [0, 0.05) is 11.1 Å². The lowest BCUT2D eigenvalue weighted by molar-refractivity contribution is -0.253. The molecule has 8 aromatic rings. The molecule has 0 fully saturated rings. The van der Waals surface area contributed by atoms with E-state index in [2.05, 4.69) is 59.9 Å². The molecule has 0 atom stereocenters. The van der Waals surface area contributed by atoms with Crippen LogP contribution < -0.4 is 20.3 Å². The smallest absolute Gasteiger partial charge is 0.336 e. The molecule has 0 saturated carbocycles. The van der Waals surface area contributed by atoms with E-state index in [9.17, 15) is 14.7 Å². The number of benzene rings is 8. The largest absolute Gasteiger partial charge is 0.478 e. The maximum absolute atomic E-state index is 13.3. The molecule has 0 spiro atoms. The van der Waals surface area contributed by atoms with Crippen LogP contribution in [-0.2, 0) is 41.2 Å². The van der Waals surface area contributed by atoms with Gasteiger partial charge in [-0.15, -0.1) is 0 Å². The van der Waals surface area contributed by atoms with Crippen LogP contribution in [0.3, 0.4) is 0 Å². The van der Waals surface area contributed by atoms with Crippen LogP contribution in [0.25, 0.3) is 0 Å². The summed E-state index contributed by atoms with van der Waals surface area (Å²) in [5, 5.41) is 21.7. The molecule has 336 valence electrons. The van der Waals surface area contributed by atoms with Gasteiger partial charge in [-0.25, -0.2) is 9.68 Å².